The molecule has 0 radical (unpaired) electrons. The number of hydrogen-bond donors (Lipinski definition) is 2. The summed E-state index contributed by atoms with van der Waals surface area (Å²) in [5.41, 5.74) is 3.19. The van der Waals surface area contributed by atoms with E-state index < -0.39 is 6.17 Å². The van der Waals surface area contributed by atoms with Crippen molar-refractivity contribution in [2.75, 3.05) is 7.11 Å². The second-order valence-corrected chi connectivity index (χ2v) is 2.98. The lowest BCUT2D eigenvalue weighted by Gasteiger charge is -2.14. The average molecular weight is 199 g/mol. The molecule has 0 saturated carbocycles. The van der Waals surface area contributed by atoms with Crippen LogP contribution in [-0.4, -0.2) is 12.3 Å². The highest BCUT2D eigenvalue weighted by molar-refractivity contribution is 5.41. The minimum atomic E-state index is -1.12. The van der Waals surface area contributed by atoms with Gasteiger partial charge < -0.3 is 9.94 Å². The Morgan fingerprint density at radius 3 is 2.79 bits per heavy atom. The number of benzene rings is 1. The van der Waals surface area contributed by atoms with Gasteiger partial charge in [-0.05, 0) is 18.6 Å². The van der Waals surface area contributed by atoms with Crippen molar-refractivity contribution in [2.24, 2.45) is 0 Å². The molecular formula is C10H14FNO2. The van der Waals surface area contributed by atoms with Crippen molar-refractivity contribution in [1.82, 2.24) is 5.48 Å². The van der Waals surface area contributed by atoms with E-state index in [4.69, 9.17) is 9.94 Å². The molecule has 0 aliphatic carbocycles. The van der Waals surface area contributed by atoms with Crippen molar-refractivity contribution in [1.29, 1.82) is 0 Å². The first-order valence-corrected chi connectivity index (χ1v) is 4.37. The van der Waals surface area contributed by atoms with Gasteiger partial charge in [-0.3, -0.25) is 0 Å². The highest BCUT2D eigenvalue weighted by Gasteiger charge is 2.14. The highest BCUT2D eigenvalue weighted by atomic mass is 19.1. The first-order valence-electron chi connectivity index (χ1n) is 4.37. The van der Waals surface area contributed by atoms with E-state index in [9.17, 15) is 4.39 Å². The lowest BCUT2D eigenvalue weighted by atomic mass is 10.0. The summed E-state index contributed by atoms with van der Waals surface area (Å²) in [5.74, 6) is 0.507. The van der Waals surface area contributed by atoms with E-state index in [0.717, 1.165) is 0 Å². The number of methoxy groups -OCH3 is 1. The van der Waals surface area contributed by atoms with E-state index in [2.05, 4.69) is 0 Å². The summed E-state index contributed by atoms with van der Waals surface area (Å²) in [6.45, 7) is 1.65. The summed E-state index contributed by atoms with van der Waals surface area (Å²) in [6.07, 6.45) is -1.12. The molecule has 1 aromatic rings. The van der Waals surface area contributed by atoms with Crippen molar-refractivity contribution < 1.29 is 14.3 Å². The molecule has 1 unspecified atom stereocenters. The zero-order chi connectivity index (χ0) is 10.6. The molecule has 3 nitrogen and oxygen atoms in total. The lowest BCUT2D eigenvalue weighted by Crippen LogP contribution is -2.09. The topological polar surface area (TPSA) is 41.5 Å². The second-order valence-electron chi connectivity index (χ2n) is 2.98. The van der Waals surface area contributed by atoms with Crippen molar-refractivity contribution in [3.8, 4) is 5.75 Å². The quantitative estimate of drug-likeness (QED) is 0.730. The zero-order valence-corrected chi connectivity index (χ0v) is 8.25. The fourth-order valence-corrected chi connectivity index (χ4v) is 1.46. The van der Waals surface area contributed by atoms with E-state index in [1.54, 1.807) is 18.2 Å². The minimum Gasteiger partial charge on any atom is -0.496 e. The van der Waals surface area contributed by atoms with Crippen LogP contribution in [0.5, 0.6) is 5.75 Å². The van der Waals surface area contributed by atoms with Crippen molar-refractivity contribution in [2.45, 2.75) is 19.6 Å². The number of ether oxygens (including phenoxy) is 1. The number of nitrogens with one attached hydrogen (secondary N) is 1. The zero-order valence-electron chi connectivity index (χ0n) is 8.25. The molecule has 1 rings (SSSR count). The van der Waals surface area contributed by atoms with E-state index in [1.807, 2.05) is 5.48 Å². The molecule has 0 amide bonds. The third-order valence-electron chi connectivity index (χ3n) is 2.04. The molecule has 4 heteroatoms. The number of rotatable bonds is 4. The number of hydroxylamine groups is 1. The van der Waals surface area contributed by atoms with Crippen LogP contribution in [0.4, 0.5) is 4.39 Å². The van der Waals surface area contributed by atoms with Crippen LogP contribution < -0.4 is 10.2 Å². The van der Waals surface area contributed by atoms with Crippen LogP contribution in [0, 0.1) is 0 Å². The highest BCUT2D eigenvalue weighted by Crippen LogP contribution is 2.30. The van der Waals surface area contributed by atoms with E-state index >= 15 is 0 Å². The maximum Gasteiger partial charge on any atom is 0.126 e. The Morgan fingerprint density at radius 2 is 2.29 bits per heavy atom. The Bertz CT molecular complexity index is 302. The molecular weight excluding hydrogens is 185 g/mol. The molecule has 78 valence electrons. The van der Waals surface area contributed by atoms with E-state index in [-0.39, 0.29) is 6.54 Å². The Morgan fingerprint density at radius 1 is 1.57 bits per heavy atom. The van der Waals surface area contributed by atoms with Gasteiger partial charge in [-0.1, -0.05) is 12.1 Å². The Hall–Kier alpha value is -1.13. The molecule has 0 fully saturated rings. The molecule has 1 atom stereocenters. The predicted octanol–water partition coefficient (Wildman–Crippen LogP) is 2.20. The summed E-state index contributed by atoms with van der Waals surface area (Å²) in [7, 11) is 1.50. The second kappa shape index (κ2) is 4.93. The van der Waals surface area contributed by atoms with Gasteiger partial charge in [-0.2, -0.15) is 0 Å². The first kappa shape index (κ1) is 10.9. The first-order chi connectivity index (χ1) is 6.70. The van der Waals surface area contributed by atoms with Crippen LogP contribution >= 0.6 is 0 Å². The monoisotopic (exact) mass is 199 g/mol. The molecule has 0 bridgehead atoms. The smallest absolute Gasteiger partial charge is 0.126 e. The molecule has 0 aliphatic heterocycles. The molecule has 1 aromatic carbocycles. The van der Waals surface area contributed by atoms with Crippen LogP contribution in [0.1, 0.15) is 24.2 Å². The summed E-state index contributed by atoms with van der Waals surface area (Å²) in [6, 6.07) is 5.21. The standard InChI is InChI=1S/C10H14FNO2/c1-7(11)10-8(6-12-13)4-3-5-9(10)14-2/h3-5,7,12-13H,6H2,1-2H3. The molecule has 0 aliphatic rings. The fraction of sp³-hybridized carbons (Fsp3) is 0.400. The normalized spacial score (nSPS) is 12.6. The van der Waals surface area contributed by atoms with Gasteiger partial charge in [0.1, 0.15) is 11.9 Å². The number of alkyl halides is 1. The molecule has 2 N–H and O–H groups in total. The SMILES string of the molecule is COc1cccc(CNO)c1C(C)F. The summed E-state index contributed by atoms with van der Waals surface area (Å²) in [5, 5.41) is 8.58. The maximum atomic E-state index is 13.3. The van der Waals surface area contributed by atoms with Gasteiger partial charge >= 0.3 is 0 Å². The fourth-order valence-electron chi connectivity index (χ4n) is 1.46. The van der Waals surface area contributed by atoms with Crippen LogP contribution in [0.25, 0.3) is 0 Å². The molecule has 0 heterocycles. The van der Waals surface area contributed by atoms with Gasteiger partial charge in [0.2, 0.25) is 0 Å². The molecule has 14 heavy (non-hydrogen) atoms. The Kier molecular flexibility index (Phi) is 3.85. The van der Waals surface area contributed by atoms with Gasteiger partial charge in [0, 0.05) is 12.1 Å². The summed E-state index contributed by atoms with van der Waals surface area (Å²) in [4.78, 5) is 0. The lowest BCUT2D eigenvalue weighted by molar-refractivity contribution is 0.160. The van der Waals surface area contributed by atoms with Crippen molar-refractivity contribution >= 4 is 0 Å². The van der Waals surface area contributed by atoms with Gasteiger partial charge in [0.25, 0.3) is 0 Å². The maximum absolute atomic E-state index is 13.3. The third kappa shape index (κ3) is 2.21. The number of hydrogen-bond acceptors (Lipinski definition) is 3. The number of halogens is 1. The molecule has 0 spiro atoms. The van der Waals surface area contributed by atoms with Gasteiger partial charge in [0.15, 0.2) is 0 Å². The Balaban J connectivity index is 3.14. The van der Waals surface area contributed by atoms with Crippen molar-refractivity contribution in [3.05, 3.63) is 29.3 Å². The van der Waals surface area contributed by atoms with Gasteiger partial charge in [-0.25, -0.2) is 9.87 Å². The van der Waals surface area contributed by atoms with Crippen LogP contribution in [0.2, 0.25) is 0 Å². The third-order valence-corrected chi connectivity index (χ3v) is 2.04. The van der Waals surface area contributed by atoms with Crippen molar-refractivity contribution in [3.63, 3.8) is 0 Å². The van der Waals surface area contributed by atoms with Gasteiger partial charge in [-0.15, -0.1) is 0 Å². The molecule has 0 saturated heterocycles. The largest absolute Gasteiger partial charge is 0.496 e. The van der Waals surface area contributed by atoms with Crippen LogP contribution in [-0.2, 0) is 6.54 Å². The Labute approximate surface area is 82.5 Å². The average Bonchev–Trinajstić information content (AvgIpc) is 2.17. The molecule has 0 aromatic heterocycles. The van der Waals surface area contributed by atoms with E-state index in [0.29, 0.717) is 16.9 Å². The minimum absolute atomic E-state index is 0.209. The van der Waals surface area contributed by atoms with E-state index in [1.165, 1.54) is 14.0 Å². The van der Waals surface area contributed by atoms with Gasteiger partial charge in [0.05, 0.1) is 7.11 Å². The van der Waals surface area contributed by atoms with Crippen LogP contribution in [0.3, 0.4) is 0 Å². The summed E-state index contributed by atoms with van der Waals surface area (Å²) < 4.78 is 18.3. The van der Waals surface area contributed by atoms with Crippen LogP contribution in [0.15, 0.2) is 18.2 Å². The summed E-state index contributed by atoms with van der Waals surface area (Å²) >= 11 is 0. The predicted molar refractivity (Wildman–Crippen MR) is 51.1 cm³/mol.